The molecule has 13 heavy (non-hydrogen) atoms. The van der Waals surface area contributed by atoms with Crippen LogP contribution < -0.4 is 5.32 Å². The molecule has 3 unspecified atom stereocenters. The van der Waals surface area contributed by atoms with E-state index in [1.54, 1.807) is 0 Å². The van der Waals surface area contributed by atoms with E-state index in [9.17, 15) is 5.11 Å². The van der Waals surface area contributed by atoms with Gasteiger partial charge < -0.3 is 10.4 Å². The third kappa shape index (κ3) is 2.96. The van der Waals surface area contributed by atoms with Gasteiger partial charge in [-0.15, -0.1) is 0 Å². The largest absolute Gasteiger partial charge is 0.392 e. The molecule has 0 aromatic carbocycles. The Kier molecular flexibility index (Phi) is 4.20. The van der Waals surface area contributed by atoms with Crippen LogP contribution in [0, 0.1) is 5.92 Å². The van der Waals surface area contributed by atoms with Crippen LogP contribution in [0.5, 0.6) is 0 Å². The minimum Gasteiger partial charge on any atom is -0.392 e. The van der Waals surface area contributed by atoms with E-state index < -0.39 is 0 Å². The van der Waals surface area contributed by atoms with Crippen molar-refractivity contribution in [1.29, 1.82) is 0 Å². The van der Waals surface area contributed by atoms with Crippen molar-refractivity contribution < 1.29 is 5.11 Å². The second kappa shape index (κ2) is 4.97. The van der Waals surface area contributed by atoms with E-state index in [1.165, 1.54) is 6.42 Å². The van der Waals surface area contributed by atoms with E-state index in [4.69, 9.17) is 0 Å². The average Bonchev–Trinajstić information content (AvgIpc) is 2.46. The van der Waals surface area contributed by atoms with Gasteiger partial charge >= 0.3 is 0 Å². The Hall–Kier alpha value is -0.0800. The monoisotopic (exact) mass is 185 g/mol. The maximum atomic E-state index is 9.65. The van der Waals surface area contributed by atoms with E-state index in [-0.39, 0.29) is 6.10 Å². The molecular weight excluding hydrogens is 162 g/mol. The molecule has 1 aliphatic rings. The lowest BCUT2D eigenvalue weighted by atomic mass is 10.00. The molecule has 3 atom stereocenters. The van der Waals surface area contributed by atoms with Crippen molar-refractivity contribution in [3.63, 3.8) is 0 Å². The van der Waals surface area contributed by atoms with Crippen LogP contribution >= 0.6 is 0 Å². The lowest BCUT2D eigenvalue weighted by Gasteiger charge is -2.26. The maximum absolute atomic E-state index is 9.65. The first-order valence-corrected chi connectivity index (χ1v) is 5.59. The predicted molar refractivity (Wildman–Crippen MR) is 55.7 cm³/mol. The molecule has 1 fully saturated rings. The fourth-order valence-electron chi connectivity index (χ4n) is 2.19. The van der Waals surface area contributed by atoms with E-state index in [1.807, 2.05) is 0 Å². The van der Waals surface area contributed by atoms with E-state index in [0.717, 1.165) is 19.3 Å². The maximum Gasteiger partial charge on any atom is 0.0693 e. The summed E-state index contributed by atoms with van der Waals surface area (Å²) in [5.41, 5.74) is 0. The Morgan fingerprint density at radius 1 is 1.38 bits per heavy atom. The summed E-state index contributed by atoms with van der Waals surface area (Å²) in [5.74, 6) is 0.665. The summed E-state index contributed by atoms with van der Waals surface area (Å²) in [6, 6.07) is 0.921. The quantitative estimate of drug-likeness (QED) is 0.701. The van der Waals surface area contributed by atoms with Crippen LogP contribution in [0.4, 0.5) is 0 Å². The molecule has 0 radical (unpaired) electrons. The van der Waals surface area contributed by atoms with Crippen LogP contribution in [0.3, 0.4) is 0 Å². The molecule has 2 heteroatoms. The number of hydrogen-bond donors (Lipinski definition) is 2. The Labute approximate surface area is 81.7 Å². The molecule has 0 aromatic rings. The Morgan fingerprint density at radius 3 is 2.46 bits per heavy atom. The molecule has 0 amide bonds. The average molecular weight is 185 g/mol. The zero-order valence-corrected chi connectivity index (χ0v) is 9.09. The van der Waals surface area contributed by atoms with Crippen LogP contribution in [-0.2, 0) is 0 Å². The number of rotatable bonds is 4. The minimum atomic E-state index is -0.104. The van der Waals surface area contributed by atoms with Gasteiger partial charge in [0.15, 0.2) is 0 Å². The van der Waals surface area contributed by atoms with Gasteiger partial charge in [-0.2, -0.15) is 0 Å². The molecule has 0 aromatic heterocycles. The molecule has 2 nitrogen and oxygen atoms in total. The molecule has 0 bridgehead atoms. The molecule has 0 saturated heterocycles. The van der Waals surface area contributed by atoms with Crippen molar-refractivity contribution in [2.24, 2.45) is 5.92 Å². The normalized spacial score (nSPS) is 31.2. The summed E-state index contributed by atoms with van der Waals surface area (Å²) in [6.07, 6.45) is 4.35. The van der Waals surface area contributed by atoms with Crippen molar-refractivity contribution >= 4 is 0 Å². The van der Waals surface area contributed by atoms with Crippen LogP contribution in [0.2, 0.25) is 0 Å². The van der Waals surface area contributed by atoms with E-state index in [2.05, 4.69) is 26.1 Å². The standard InChI is InChI=1S/C11H23NO/c1-4-9(8(2)3)12-10-6-5-7-11(10)13/h8-13H,4-7H2,1-3H3. The summed E-state index contributed by atoms with van der Waals surface area (Å²) >= 11 is 0. The highest BCUT2D eigenvalue weighted by atomic mass is 16.3. The molecule has 0 spiro atoms. The van der Waals surface area contributed by atoms with Crippen LogP contribution in [0.25, 0.3) is 0 Å². The highest BCUT2D eigenvalue weighted by Gasteiger charge is 2.27. The van der Waals surface area contributed by atoms with Crippen molar-refractivity contribution in [3.05, 3.63) is 0 Å². The summed E-state index contributed by atoms with van der Waals surface area (Å²) in [7, 11) is 0. The van der Waals surface area contributed by atoms with Gasteiger partial charge in [0.25, 0.3) is 0 Å². The van der Waals surface area contributed by atoms with Gasteiger partial charge in [-0.05, 0) is 31.6 Å². The fraction of sp³-hybridized carbons (Fsp3) is 1.00. The molecule has 1 aliphatic carbocycles. The van der Waals surface area contributed by atoms with Crippen molar-refractivity contribution in [1.82, 2.24) is 5.32 Å². The number of aliphatic hydroxyl groups excluding tert-OH is 1. The molecule has 0 aliphatic heterocycles. The third-order valence-electron chi connectivity index (χ3n) is 3.15. The van der Waals surface area contributed by atoms with Gasteiger partial charge in [-0.25, -0.2) is 0 Å². The SMILES string of the molecule is CCC(NC1CCCC1O)C(C)C. The van der Waals surface area contributed by atoms with Crippen LogP contribution in [0.15, 0.2) is 0 Å². The highest BCUT2D eigenvalue weighted by Crippen LogP contribution is 2.20. The van der Waals surface area contributed by atoms with Gasteiger partial charge in [-0.1, -0.05) is 20.8 Å². The zero-order chi connectivity index (χ0) is 9.84. The molecule has 2 N–H and O–H groups in total. The summed E-state index contributed by atoms with van der Waals surface area (Å²) in [4.78, 5) is 0. The van der Waals surface area contributed by atoms with Crippen molar-refractivity contribution in [2.45, 2.75) is 64.6 Å². The third-order valence-corrected chi connectivity index (χ3v) is 3.15. The predicted octanol–water partition coefficient (Wildman–Crippen LogP) is 1.92. The highest BCUT2D eigenvalue weighted by molar-refractivity contribution is 4.85. The van der Waals surface area contributed by atoms with Gasteiger partial charge in [0.1, 0.15) is 0 Å². The molecular formula is C11H23NO. The lowest BCUT2D eigenvalue weighted by molar-refractivity contribution is 0.137. The zero-order valence-electron chi connectivity index (χ0n) is 9.09. The van der Waals surface area contributed by atoms with Crippen molar-refractivity contribution in [3.8, 4) is 0 Å². The first-order chi connectivity index (χ1) is 6.15. The van der Waals surface area contributed by atoms with Crippen molar-refractivity contribution in [2.75, 3.05) is 0 Å². The van der Waals surface area contributed by atoms with Gasteiger partial charge in [-0.3, -0.25) is 0 Å². The van der Waals surface area contributed by atoms with E-state index in [0.29, 0.717) is 18.0 Å². The summed E-state index contributed by atoms with van der Waals surface area (Å²) in [6.45, 7) is 6.68. The molecule has 1 rings (SSSR count). The van der Waals surface area contributed by atoms with Gasteiger partial charge in [0.2, 0.25) is 0 Å². The van der Waals surface area contributed by atoms with Crippen LogP contribution in [-0.4, -0.2) is 23.3 Å². The summed E-state index contributed by atoms with van der Waals surface area (Å²) < 4.78 is 0. The van der Waals surface area contributed by atoms with Gasteiger partial charge in [0, 0.05) is 12.1 Å². The Morgan fingerprint density at radius 2 is 2.08 bits per heavy atom. The Balaban J connectivity index is 2.36. The first kappa shape index (κ1) is 11.0. The summed E-state index contributed by atoms with van der Waals surface area (Å²) in [5, 5.41) is 13.2. The van der Waals surface area contributed by atoms with E-state index >= 15 is 0 Å². The molecule has 0 heterocycles. The fourth-order valence-corrected chi connectivity index (χ4v) is 2.19. The topological polar surface area (TPSA) is 32.3 Å². The number of aliphatic hydroxyl groups is 1. The second-order valence-electron chi connectivity index (χ2n) is 4.53. The first-order valence-electron chi connectivity index (χ1n) is 5.59. The lowest BCUT2D eigenvalue weighted by Crippen LogP contribution is -2.44. The number of nitrogens with one attached hydrogen (secondary N) is 1. The minimum absolute atomic E-state index is 0.104. The molecule has 78 valence electrons. The molecule has 1 saturated carbocycles. The van der Waals surface area contributed by atoms with Gasteiger partial charge in [0.05, 0.1) is 6.10 Å². The second-order valence-corrected chi connectivity index (χ2v) is 4.53. The smallest absolute Gasteiger partial charge is 0.0693 e. The Bertz CT molecular complexity index is 147. The van der Waals surface area contributed by atoms with Crippen LogP contribution in [0.1, 0.15) is 46.5 Å². The number of hydrogen-bond acceptors (Lipinski definition) is 2.